The zero-order valence-electron chi connectivity index (χ0n) is 4.11. The van der Waals surface area contributed by atoms with Crippen LogP contribution in [0.25, 0.3) is 0 Å². The molecule has 0 aliphatic carbocycles. The predicted molar refractivity (Wildman–Crippen MR) is 38.9 cm³/mol. The molecule has 0 unspecified atom stereocenters. The largest absolute Gasteiger partial charge is 0.277 e. The molecule has 0 N–H and O–H groups in total. The molecule has 0 atom stereocenters. The molecule has 0 fully saturated rings. The molecular weight excluding hydrogens is 182 g/mol. The number of thioether (sulfide) groups is 1. The van der Waals surface area contributed by atoms with E-state index in [4.69, 9.17) is 11.6 Å². The van der Waals surface area contributed by atoms with E-state index in [2.05, 4.69) is 4.40 Å². The molecule has 1 heterocycles. The highest BCUT2D eigenvalue weighted by atomic mass is 35.5. The maximum atomic E-state index is 10.5. The molecular formula is C3H2ClNO2S2. The van der Waals surface area contributed by atoms with E-state index in [1.165, 1.54) is 5.41 Å². The molecule has 3 nitrogen and oxygen atoms in total. The van der Waals surface area contributed by atoms with Gasteiger partial charge in [-0.2, -0.15) is 8.42 Å². The van der Waals surface area contributed by atoms with Crippen LogP contribution in [0.15, 0.2) is 15.2 Å². The van der Waals surface area contributed by atoms with Crippen LogP contribution in [0.1, 0.15) is 0 Å². The number of rotatable bonds is 0. The fourth-order valence-electron chi connectivity index (χ4n) is 0.306. The third-order valence-corrected chi connectivity index (χ3v) is 2.81. The van der Waals surface area contributed by atoms with Crippen LogP contribution in [0.3, 0.4) is 0 Å². The van der Waals surface area contributed by atoms with Gasteiger partial charge in [-0.3, -0.25) is 0 Å². The Balaban J connectivity index is 3.06. The Morgan fingerprint density at radius 3 is 2.67 bits per heavy atom. The molecule has 0 aromatic carbocycles. The minimum Gasteiger partial charge on any atom is -0.200 e. The molecule has 6 heteroatoms. The van der Waals surface area contributed by atoms with Gasteiger partial charge < -0.3 is 0 Å². The van der Waals surface area contributed by atoms with Gasteiger partial charge in [0, 0.05) is 0 Å². The third-order valence-electron chi connectivity index (χ3n) is 0.592. The summed E-state index contributed by atoms with van der Waals surface area (Å²) in [4.78, 5) is 0. The third kappa shape index (κ3) is 2.00. The Labute approximate surface area is 61.9 Å². The van der Waals surface area contributed by atoms with Crippen LogP contribution in [0.5, 0.6) is 0 Å². The van der Waals surface area contributed by atoms with Crippen molar-refractivity contribution < 1.29 is 8.42 Å². The minimum absolute atomic E-state index is 0.0394. The highest BCUT2D eigenvalue weighted by molar-refractivity contribution is 8.20. The van der Waals surface area contributed by atoms with Crippen molar-refractivity contribution in [2.75, 3.05) is 0 Å². The standard InChI is InChI=1S/C3H2ClNO2S2/c4-3-5-9(6,7)2-1-8-3/h1-2H. The van der Waals surface area contributed by atoms with Gasteiger partial charge in [-0.1, -0.05) is 23.4 Å². The number of halogens is 1. The van der Waals surface area contributed by atoms with Crippen molar-refractivity contribution in [2.24, 2.45) is 4.40 Å². The maximum absolute atomic E-state index is 10.5. The molecule has 0 amide bonds. The van der Waals surface area contributed by atoms with Gasteiger partial charge in [0.15, 0.2) is 4.50 Å². The van der Waals surface area contributed by atoms with Crippen LogP contribution >= 0.6 is 23.4 Å². The molecule has 0 spiro atoms. The maximum Gasteiger partial charge on any atom is 0.277 e. The van der Waals surface area contributed by atoms with E-state index < -0.39 is 10.0 Å². The molecule has 0 radical (unpaired) electrons. The summed E-state index contributed by atoms with van der Waals surface area (Å²) < 4.78 is 24.2. The Morgan fingerprint density at radius 1 is 1.67 bits per heavy atom. The van der Waals surface area contributed by atoms with Crippen molar-refractivity contribution in [3.63, 3.8) is 0 Å². The summed E-state index contributed by atoms with van der Waals surface area (Å²) in [6.45, 7) is 0. The summed E-state index contributed by atoms with van der Waals surface area (Å²) >= 11 is 6.36. The topological polar surface area (TPSA) is 46.5 Å². The van der Waals surface area contributed by atoms with E-state index in [-0.39, 0.29) is 4.50 Å². The summed E-state index contributed by atoms with van der Waals surface area (Å²) in [5.41, 5.74) is 0. The van der Waals surface area contributed by atoms with E-state index in [1.54, 1.807) is 0 Å². The summed E-state index contributed by atoms with van der Waals surface area (Å²) in [6.07, 6.45) is 0. The van der Waals surface area contributed by atoms with Gasteiger partial charge in [0.25, 0.3) is 10.0 Å². The van der Waals surface area contributed by atoms with Gasteiger partial charge in [-0.05, 0) is 5.41 Å². The summed E-state index contributed by atoms with van der Waals surface area (Å²) in [5, 5.41) is 2.38. The fourth-order valence-corrected chi connectivity index (χ4v) is 2.39. The van der Waals surface area contributed by atoms with E-state index in [0.29, 0.717) is 0 Å². The second kappa shape index (κ2) is 2.32. The molecule has 0 saturated carbocycles. The van der Waals surface area contributed by atoms with Crippen LogP contribution in [0.4, 0.5) is 0 Å². The van der Waals surface area contributed by atoms with Crippen molar-refractivity contribution in [1.29, 1.82) is 0 Å². The quantitative estimate of drug-likeness (QED) is 0.566. The minimum atomic E-state index is -3.38. The second-order valence-corrected chi connectivity index (χ2v) is 4.21. The number of hydrogen-bond donors (Lipinski definition) is 0. The number of nitrogens with zero attached hydrogens (tertiary/aromatic N) is 1. The van der Waals surface area contributed by atoms with Gasteiger partial charge in [-0.25, -0.2) is 0 Å². The van der Waals surface area contributed by atoms with Gasteiger partial charge in [0.2, 0.25) is 0 Å². The first-order valence-electron chi connectivity index (χ1n) is 1.94. The zero-order valence-corrected chi connectivity index (χ0v) is 6.50. The van der Waals surface area contributed by atoms with Gasteiger partial charge in [0.05, 0.1) is 5.41 Å². The van der Waals surface area contributed by atoms with E-state index >= 15 is 0 Å². The summed E-state index contributed by atoms with van der Waals surface area (Å²) in [7, 11) is -3.38. The van der Waals surface area contributed by atoms with E-state index in [9.17, 15) is 8.42 Å². The van der Waals surface area contributed by atoms with E-state index in [1.807, 2.05) is 0 Å². The molecule has 0 bridgehead atoms. The Kier molecular flexibility index (Phi) is 1.83. The first-order valence-corrected chi connectivity index (χ1v) is 4.70. The summed E-state index contributed by atoms with van der Waals surface area (Å²) in [6, 6.07) is 0. The SMILES string of the molecule is O=S1(=O)C=CSC(Cl)=N1. The smallest absolute Gasteiger partial charge is 0.200 e. The Morgan fingerprint density at radius 2 is 2.33 bits per heavy atom. The fraction of sp³-hybridized carbons (Fsp3) is 0. The van der Waals surface area contributed by atoms with Crippen molar-refractivity contribution in [3.8, 4) is 0 Å². The normalized spacial score (nSPS) is 23.4. The average Bonchev–Trinajstić information content (AvgIpc) is 1.60. The van der Waals surface area contributed by atoms with Gasteiger partial charge in [-0.15, -0.1) is 4.40 Å². The lowest BCUT2D eigenvalue weighted by Gasteiger charge is -1.96. The lowest BCUT2D eigenvalue weighted by atomic mass is 11.3. The van der Waals surface area contributed by atoms with Crippen molar-refractivity contribution in [1.82, 2.24) is 0 Å². The summed E-state index contributed by atoms with van der Waals surface area (Å²) in [5.74, 6) is 0. The molecule has 9 heavy (non-hydrogen) atoms. The van der Waals surface area contributed by atoms with Crippen molar-refractivity contribution in [2.45, 2.75) is 0 Å². The Hall–Kier alpha value is -0.000000000000000111. The first kappa shape index (κ1) is 7.11. The predicted octanol–water partition coefficient (Wildman–Crippen LogP) is 1.13. The van der Waals surface area contributed by atoms with Crippen LogP contribution in [-0.4, -0.2) is 12.9 Å². The molecule has 1 aliphatic rings. The van der Waals surface area contributed by atoms with E-state index in [0.717, 1.165) is 17.2 Å². The highest BCUT2D eigenvalue weighted by Gasteiger charge is 2.08. The molecule has 0 saturated heterocycles. The highest BCUT2D eigenvalue weighted by Crippen LogP contribution is 2.18. The van der Waals surface area contributed by atoms with Gasteiger partial charge >= 0.3 is 0 Å². The zero-order chi connectivity index (χ0) is 6.91. The lowest BCUT2D eigenvalue weighted by Crippen LogP contribution is -1.95. The lowest BCUT2D eigenvalue weighted by molar-refractivity contribution is 0.606. The monoisotopic (exact) mass is 183 g/mol. The van der Waals surface area contributed by atoms with Crippen LogP contribution < -0.4 is 0 Å². The van der Waals surface area contributed by atoms with Crippen LogP contribution in [-0.2, 0) is 10.0 Å². The Bertz CT molecular complexity index is 266. The molecule has 1 rings (SSSR count). The van der Waals surface area contributed by atoms with Crippen LogP contribution in [0, 0.1) is 0 Å². The molecule has 0 aromatic rings. The number of sulfonamides is 1. The molecule has 1 aliphatic heterocycles. The molecule has 0 aromatic heterocycles. The second-order valence-electron chi connectivity index (χ2n) is 1.25. The van der Waals surface area contributed by atoms with Gasteiger partial charge in [0.1, 0.15) is 0 Å². The van der Waals surface area contributed by atoms with Crippen molar-refractivity contribution >= 4 is 37.9 Å². The average molecular weight is 184 g/mol. The molecule has 50 valence electrons. The first-order chi connectivity index (χ1) is 4.10. The number of hydrogen-bond acceptors (Lipinski definition) is 3. The van der Waals surface area contributed by atoms with Crippen LogP contribution in [0.2, 0.25) is 0 Å². The van der Waals surface area contributed by atoms with Crippen molar-refractivity contribution in [3.05, 3.63) is 10.8 Å².